The average Bonchev–Trinajstić information content (AvgIpc) is 2.43. The summed E-state index contributed by atoms with van der Waals surface area (Å²) in [4.78, 5) is 34.5. The van der Waals surface area contributed by atoms with Gasteiger partial charge in [-0.25, -0.2) is 9.59 Å². The third-order valence-corrected chi connectivity index (χ3v) is 2.60. The van der Waals surface area contributed by atoms with Crippen LogP contribution >= 0.6 is 0 Å². The zero-order chi connectivity index (χ0) is 17.5. The highest BCUT2D eigenvalue weighted by molar-refractivity contribution is 5.86. The lowest BCUT2D eigenvalue weighted by Gasteiger charge is -2.23. The van der Waals surface area contributed by atoms with Gasteiger partial charge < -0.3 is 19.9 Å². The molecule has 1 aromatic rings. The summed E-state index contributed by atoms with van der Waals surface area (Å²) in [6.45, 7) is 5.00. The molecule has 1 rings (SSSR count). The predicted octanol–water partition coefficient (Wildman–Crippen LogP) is 2.10. The van der Waals surface area contributed by atoms with E-state index < -0.39 is 36.1 Å². The molecular formula is C16H21NO6. The molecular weight excluding hydrogens is 302 g/mol. The molecule has 0 aliphatic carbocycles. The van der Waals surface area contributed by atoms with Crippen LogP contribution in [0.3, 0.4) is 0 Å². The predicted molar refractivity (Wildman–Crippen MR) is 81.6 cm³/mol. The van der Waals surface area contributed by atoms with Crippen LogP contribution in [0.1, 0.15) is 32.8 Å². The van der Waals surface area contributed by atoms with E-state index in [1.54, 1.807) is 45.0 Å². The first kappa shape index (κ1) is 18.5. The Bertz CT molecular complexity index is 549. The highest BCUT2D eigenvalue weighted by Crippen LogP contribution is 2.11. The fraction of sp³-hybridized carbons (Fsp3) is 0.438. The van der Waals surface area contributed by atoms with Gasteiger partial charge in [0.05, 0.1) is 6.42 Å². The van der Waals surface area contributed by atoms with Crippen LogP contribution in [-0.2, 0) is 25.7 Å². The Morgan fingerprint density at radius 2 is 1.78 bits per heavy atom. The molecule has 0 unspecified atom stereocenters. The Balaban J connectivity index is 2.60. The van der Waals surface area contributed by atoms with Crippen molar-refractivity contribution in [3.8, 4) is 0 Å². The molecule has 0 spiro atoms. The molecule has 23 heavy (non-hydrogen) atoms. The third-order valence-electron chi connectivity index (χ3n) is 2.60. The van der Waals surface area contributed by atoms with Gasteiger partial charge in [0.2, 0.25) is 0 Å². The second-order valence-corrected chi connectivity index (χ2v) is 5.89. The van der Waals surface area contributed by atoms with Gasteiger partial charge in [-0.2, -0.15) is 0 Å². The van der Waals surface area contributed by atoms with Crippen molar-refractivity contribution >= 4 is 18.0 Å². The minimum absolute atomic E-state index is 0.0494. The summed E-state index contributed by atoms with van der Waals surface area (Å²) in [5, 5.41) is 10.8. The van der Waals surface area contributed by atoms with Gasteiger partial charge in [-0.15, -0.1) is 0 Å². The first-order valence-corrected chi connectivity index (χ1v) is 7.09. The van der Waals surface area contributed by atoms with Crippen molar-refractivity contribution < 1.29 is 29.0 Å². The maximum absolute atomic E-state index is 11.9. The molecule has 0 saturated carbocycles. The van der Waals surface area contributed by atoms with Crippen molar-refractivity contribution in [2.75, 3.05) is 0 Å². The number of carbonyl (C=O) groups excluding carboxylic acids is 2. The number of amides is 1. The van der Waals surface area contributed by atoms with E-state index in [9.17, 15) is 14.4 Å². The van der Waals surface area contributed by atoms with Crippen LogP contribution in [0.2, 0.25) is 0 Å². The van der Waals surface area contributed by atoms with Gasteiger partial charge in [0.15, 0.2) is 0 Å². The normalized spacial score (nSPS) is 12.1. The summed E-state index contributed by atoms with van der Waals surface area (Å²) in [6.07, 6.45) is -1.86. The number of nitrogens with one attached hydrogen (secondary N) is 1. The monoisotopic (exact) mass is 323 g/mol. The van der Waals surface area contributed by atoms with Crippen LogP contribution in [0.4, 0.5) is 4.79 Å². The summed E-state index contributed by atoms with van der Waals surface area (Å²) in [6, 6.07) is 7.70. The molecule has 0 aromatic heterocycles. The van der Waals surface area contributed by atoms with Crippen molar-refractivity contribution in [2.45, 2.75) is 45.4 Å². The topological polar surface area (TPSA) is 102 Å². The van der Waals surface area contributed by atoms with Gasteiger partial charge in [-0.1, -0.05) is 30.3 Å². The zero-order valence-electron chi connectivity index (χ0n) is 13.4. The number of ether oxygens (including phenoxy) is 2. The first-order valence-electron chi connectivity index (χ1n) is 7.09. The van der Waals surface area contributed by atoms with Crippen LogP contribution in [0.25, 0.3) is 0 Å². The minimum atomic E-state index is -1.42. The highest BCUT2D eigenvalue weighted by atomic mass is 16.6. The maximum Gasteiger partial charge on any atom is 0.405 e. The summed E-state index contributed by atoms with van der Waals surface area (Å²) < 4.78 is 10.1. The maximum atomic E-state index is 11.9. The summed E-state index contributed by atoms with van der Waals surface area (Å²) in [5.41, 5.74) is 0.00423. The molecule has 7 heteroatoms. The number of esters is 2. The Hall–Kier alpha value is -2.57. The van der Waals surface area contributed by atoms with E-state index in [2.05, 4.69) is 0 Å². The van der Waals surface area contributed by atoms with E-state index in [0.717, 1.165) is 5.56 Å². The highest BCUT2D eigenvalue weighted by Gasteiger charge is 2.29. The fourth-order valence-electron chi connectivity index (χ4n) is 1.68. The van der Waals surface area contributed by atoms with E-state index in [0.29, 0.717) is 0 Å². The molecule has 0 aliphatic heterocycles. The summed E-state index contributed by atoms with van der Waals surface area (Å²) in [7, 11) is 0. The standard InChI is InChI=1S/C16H21NO6/c1-16(2,3)23-14(19)12(17-15(20)21)9-13(18)22-10-11-7-5-4-6-8-11/h4-8,12,17H,9-10H2,1-3H3,(H,20,21)/t12-/m0/s1. The number of hydrogen-bond donors (Lipinski definition) is 2. The molecule has 0 radical (unpaired) electrons. The van der Waals surface area contributed by atoms with Crippen molar-refractivity contribution in [3.63, 3.8) is 0 Å². The lowest BCUT2D eigenvalue weighted by molar-refractivity contribution is -0.161. The van der Waals surface area contributed by atoms with Gasteiger partial charge in [0, 0.05) is 0 Å². The van der Waals surface area contributed by atoms with E-state index in [-0.39, 0.29) is 6.61 Å². The fourth-order valence-corrected chi connectivity index (χ4v) is 1.68. The van der Waals surface area contributed by atoms with Gasteiger partial charge in [-0.05, 0) is 26.3 Å². The van der Waals surface area contributed by atoms with E-state index >= 15 is 0 Å². The minimum Gasteiger partial charge on any atom is -0.465 e. The van der Waals surface area contributed by atoms with Gasteiger partial charge >= 0.3 is 18.0 Å². The van der Waals surface area contributed by atoms with Crippen molar-refractivity contribution in [1.82, 2.24) is 5.32 Å². The number of benzene rings is 1. The lowest BCUT2D eigenvalue weighted by atomic mass is 10.1. The largest absolute Gasteiger partial charge is 0.465 e. The molecule has 0 bridgehead atoms. The van der Waals surface area contributed by atoms with Gasteiger partial charge in [-0.3, -0.25) is 4.79 Å². The Morgan fingerprint density at radius 1 is 1.17 bits per heavy atom. The summed E-state index contributed by atoms with van der Waals surface area (Å²) >= 11 is 0. The van der Waals surface area contributed by atoms with Crippen molar-refractivity contribution in [3.05, 3.63) is 35.9 Å². The smallest absolute Gasteiger partial charge is 0.405 e. The molecule has 2 N–H and O–H groups in total. The Labute approximate surface area is 134 Å². The average molecular weight is 323 g/mol. The number of rotatable bonds is 6. The molecule has 0 saturated heterocycles. The molecule has 1 aromatic carbocycles. The Morgan fingerprint density at radius 3 is 2.30 bits per heavy atom. The van der Waals surface area contributed by atoms with Crippen LogP contribution < -0.4 is 5.32 Å². The molecule has 7 nitrogen and oxygen atoms in total. The van der Waals surface area contributed by atoms with E-state index in [1.165, 1.54) is 0 Å². The van der Waals surface area contributed by atoms with Crippen LogP contribution in [0, 0.1) is 0 Å². The zero-order valence-corrected chi connectivity index (χ0v) is 13.4. The van der Waals surface area contributed by atoms with E-state index in [1.807, 2.05) is 11.4 Å². The molecule has 0 heterocycles. The third kappa shape index (κ3) is 7.85. The molecule has 0 aliphatic rings. The summed E-state index contributed by atoms with van der Waals surface area (Å²) in [5.74, 6) is -1.52. The molecule has 1 amide bonds. The molecule has 1 atom stereocenters. The quantitative estimate of drug-likeness (QED) is 0.777. The first-order chi connectivity index (χ1) is 10.7. The Kier molecular flexibility index (Phi) is 6.56. The molecule has 0 fully saturated rings. The van der Waals surface area contributed by atoms with Crippen LogP contribution in [0.15, 0.2) is 30.3 Å². The van der Waals surface area contributed by atoms with Gasteiger partial charge in [0.25, 0.3) is 0 Å². The van der Waals surface area contributed by atoms with E-state index in [4.69, 9.17) is 14.6 Å². The second kappa shape index (κ2) is 8.17. The number of hydrogen-bond acceptors (Lipinski definition) is 5. The van der Waals surface area contributed by atoms with Gasteiger partial charge in [0.1, 0.15) is 18.2 Å². The number of carbonyl (C=O) groups is 3. The van der Waals surface area contributed by atoms with Crippen LogP contribution in [-0.4, -0.2) is 34.8 Å². The lowest BCUT2D eigenvalue weighted by Crippen LogP contribution is -2.45. The SMILES string of the molecule is CC(C)(C)OC(=O)[C@H](CC(=O)OCc1ccccc1)NC(=O)O. The van der Waals surface area contributed by atoms with Crippen molar-refractivity contribution in [1.29, 1.82) is 0 Å². The van der Waals surface area contributed by atoms with Crippen molar-refractivity contribution in [2.24, 2.45) is 0 Å². The number of carboxylic acid groups (broad SMARTS) is 1. The second-order valence-electron chi connectivity index (χ2n) is 5.89. The van der Waals surface area contributed by atoms with Crippen LogP contribution in [0.5, 0.6) is 0 Å². The molecule has 126 valence electrons.